The first kappa shape index (κ1) is 15.6. The van der Waals surface area contributed by atoms with E-state index in [1.165, 1.54) is 0 Å². The first-order valence-electron chi connectivity index (χ1n) is 7.43. The largest absolute Gasteiger partial charge is 0.484 e. The molecule has 2 atom stereocenters. The molecule has 0 saturated heterocycles. The maximum atomic E-state index is 12.1. The number of aliphatic hydroxyl groups excluding tert-OH is 1. The minimum absolute atomic E-state index is 0.0264. The summed E-state index contributed by atoms with van der Waals surface area (Å²) in [7, 11) is 0. The molecule has 0 aliphatic heterocycles. The third kappa shape index (κ3) is 4.36. The molecule has 4 N–H and O–H groups in total. The number of amides is 1. The average Bonchev–Trinajstić information content (AvgIpc) is 2.45. The number of hydrogen-bond acceptors (Lipinski definition) is 4. The van der Waals surface area contributed by atoms with Gasteiger partial charge in [-0.05, 0) is 30.9 Å². The summed E-state index contributed by atoms with van der Waals surface area (Å²) in [5, 5.41) is 12.6. The molecule has 1 aromatic carbocycles. The lowest BCUT2D eigenvalue weighted by molar-refractivity contribution is -0.126. The van der Waals surface area contributed by atoms with E-state index in [-0.39, 0.29) is 19.1 Å². The Bertz CT molecular complexity index is 492. The third-order valence-corrected chi connectivity index (χ3v) is 4.03. The predicted octanol–water partition coefficient (Wildman–Crippen LogP) is 1.70. The lowest BCUT2D eigenvalue weighted by Crippen LogP contribution is -2.55. The zero-order chi connectivity index (χ0) is 15.3. The molecule has 0 spiro atoms. The van der Waals surface area contributed by atoms with Gasteiger partial charge in [0.25, 0.3) is 5.91 Å². The standard InChI is InChI=1S/C16H24N2O3/c1-12-4-3-7-16(9-12,11-19)18-15(20)10-21-14-6-2-5-13(17)8-14/h2,5-6,8,12,19H,3-4,7,9-11,17H2,1H3,(H,18,20). The van der Waals surface area contributed by atoms with Crippen molar-refractivity contribution in [3.8, 4) is 5.75 Å². The molecule has 1 aliphatic rings. The first-order chi connectivity index (χ1) is 10.0. The van der Waals surface area contributed by atoms with Crippen molar-refractivity contribution >= 4 is 11.6 Å². The van der Waals surface area contributed by atoms with Crippen LogP contribution in [0, 0.1) is 5.92 Å². The number of carbonyl (C=O) groups excluding carboxylic acids is 1. The van der Waals surface area contributed by atoms with Gasteiger partial charge in [0.1, 0.15) is 5.75 Å². The Morgan fingerprint density at radius 3 is 3.05 bits per heavy atom. The predicted molar refractivity (Wildman–Crippen MR) is 81.9 cm³/mol. The quantitative estimate of drug-likeness (QED) is 0.721. The van der Waals surface area contributed by atoms with Crippen molar-refractivity contribution in [3.63, 3.8) is 0 Å². The van der Waals surface area contributed by atoms with E-state index in [1.54, 1.807) is 24.3 Å². The van der Waals surface area contributed by atoms with Crippen LogP contribution < -0.4 is 15.8 Å². The molecule has 1 amide bonds. The number of rotatable bonds is 5. The van der Waals surface area contributed by atoms with Gasteiger partial charge in [0.2, 0.25) is 0 Å². The molecule has 2 rings (SSSR count). The van der Waals surface area contributed by atoms with Crippen LogP contribution in [-0.4, -0.2) is 29.8 Å². The summed E-state index contributed by atoms with van der Waals surface area (Å²) in [6.45, 7) is 2.06. The summed E-state index contributed by atoms with van der Waals surface area (Å²) < 4.78 is 5.43. The molecule has 1 aliphatic carbocycles. The summed E-state index contributed by atoms with van der Waals surface area (Å²) in [6, 6.07) is 6.98. The second-order valence-electron chi connectivity index (χ2n) is 6.05. The molecule has 0 aromatic heterocycles. The second-order valence-corrected chi connectivity index (χ2v) is 6.05. The van der Waals surface area contributed by atoms with E-state index >= 15 is 0 Å². The smallest absolute Gasteiger partial charge is 0.258 e. The number of benzene rings is 1. The van der Waals surface area contributed by atoms with E-state index in [4.69, 9.17) is 10.5 Å². The monoisotopic (exact) mass is 292 g/mol. The minimum atomic E-state index is -0.492. The fraction of sp³-hybridized carbons (Fsp3) is 0.562. The van der Waals surface area contributed by atoms with E-state index in [0.29, 0.717) is 17.4 Å². The van der Waals surface area contributed by atoms with Crippen LogP contribution in [0.1, 0.15) is 32.6 Å². The molecular weight excluding hydrogens is 268 g/mol. The molecule has 5 heteroatoms. The molecule has 1 fully saturated rings. The highest BCUT2D eigenvalue weighted by Crippen LogP contribution is 2.31. The van der Waals surface area contributed by atoms with E-state index in [9.17, 15) is 9.90 Å². The molecule has 0 heterocycles. The Kier molecular flexibility index (Phi) is 5.07. The number of aliphatic hydroxyl groups is 1. The molecular formula is C16H24N2O3. The van der Waals surface area contributed by atoms with Crippen molar-refractivity contribution < 1.29 is 14.6 Å². The second kappa shape index (κ2) is 6.80. The van der Waals surface area contributed by atoms with E-state index in [1.807, 2.05) is 0 Å². The third-order valence-electron chi connectivity index (χ3n) is 4.03. The number of nitrogens with two attached hydrogens (primary N) is 1. The van der Waals surface area contributed by atoms with Crippen molar-refractivity contribution in [1.82, 2.24) is 5.32 Å². The van der Waals surface area contributed by atoms with Gasteiger partial charge in [0.15, 0.2) is 6.61 Å². The zero-order valence-corrected chi connectivity index (χ0v) is 12.5. The lowest BCUT2D eigenvalue weighted by atomic mass is 9.77. The number of nitrogens with one attached hydrogen (secondary N) is 1. The molecule has 5 nitrogen and oxygen atoms in total. The van der Waals surface area contributed by atoms with E-state index in [2.05, 4.69) is 12.2 Å². The van der Waals surface area contributed by atoms with Crippen molar-refractivity contribution in [2.24, 2.45) is 5.92 Å². The number of anilines is 1. The van der Waals surface area contributed by atoms with Crippen LogP contribution in [0.4, 0.5) is 5.69 Å². The van der Waals surface area contributed by atoms with E-state index in [0.717, 1.165) is 25.7 Å². The summed E-state index contributed by atoms with van der Waals surface area (Å²) >= 11 is 0. The molecule has 1 aromatic rings. The molecule has 0 bridgehead atoms. The van der Waals surface area contributed by atoms with Crippen LogP contribution in [0.3, 0.4) is 0 Å². The van der Waals surface area contributed by atoms with Crippen molar-refractivity contribution in [1.29, 1.82) is 0 Å². The fourth-order valence-corrected chi connectivity index (χ4v) is 3.04. The summed E-state index contributed by atoms with van der Waals surface area (Å²) in [5.41, 5.74) is 5.76. The molecule has 1 saturated carbocycles. The molecule has 2 unspecified atom stereocenters. The number of carbonyl (C=O) groups is 1. The zero-order valence-electron chi connectivity index (χ0n) is 12.5. The maximum absolute atomic E-state index is 12.1. The molecule has 21 heavy (non-hydrogen) atoms. The SMILES string of the molecule is CC1CCCC(CO)(NC(=O)COc2cccc(N)c2)C1. The fourth-order valence-electron chi connectivity index (χ4n) is 3.04. The Morgan fingerprint density at radius 2 is 2.38 bits per heavy atom. The van der Waals surface area contributed by atoms with Crippen LogP contribution in [0.25, 0.3) is 0 Å². The van der Waals surface area contributed by atoms with Gasteiger partial charge in [-0.25, -0.2) is 0 Å². The highest BCUT2D eigenvalue weighted by molar-refractivity contribution is 5.78. The van der Waals surface area contributed by atoms with Gasteiger partial charge >= 0.3 is 0 Å². The number of nitrogen functional groups attached to an aromatic ring is 1. The highest BCUT2D eigenvalue weighted by Gasteiger charge is 2.35. The van der Waals surface area contributed by atoms with Crippen LogP contribution in [0.2, 0.25) is 0 Å². The Balaban J connectivity index is 1.88. The lowest BCUT2D eigenvalue weighted by Gasteiger charge is -2.39. The molecule has 116 valence electrons. The Labute approximate surface area is 125 Å². The summed E-state index contributed by atoms with van der Waals surface area (Å²) in [4.78, 5) is 12.1. The van der Waals surface area contributed by atoms with Gasteiger partial charge in [-0.1, -0.05) is 25.8 Å². The van der Waals surface area contributed by atoms with Crippen LogP contribution >= 0.6 is 0 Å². The maximum Gasteiger partial charge on any atom is 0.258 e. The minimum Gasteiger partial charge on any atom is -0.484 e. The number of ether oxygens (including phenoxy) is 1. The summed E-state index contributed by atoms with van der Waals surface area (Å²) in [6.07, 6.45) is 3.81. The number of hydrogen-bond donors (Lipinski definition) is 3. The summed E-state index contributed by atoms with van der Waals surface area (Å²) in [5.74, 6) is 0.877. The van der Waals surface area contributed by atoms with E-state index < -0.39 is 5.54 Å². The van der Waals surface area contributed by atoms with Gasteiger partial charge < -0.3 is 20.9 Å². The van der Waals surface area contributed by atoms with Gasteiger partial charge in [-0.2, -0.15) is 0 Å². The van der Waals surface area contributed by atoms with Crippen molar-refractivity contribution in [2.45, 2.75) is 38.1 Å². The van der Waals surface area contributed by atoms with Gasteiger partial charge in [-0.3, -0.25) is 4.79 Å². The van der Waals surface area contributed by atoms with Crippen LogP contribution in [-0.2, 0) is 4.79 Å². The average molecular weight is 292 g/mol. The topological polar surface area (TPSA) is 84.6 Å². The van der Waals surface area contributed by atoms with Gasteiger partial charge in [-0.15, -0.1) is 0 Å². The normalized spacial score (nSPS) is 25.3. The van der Waals surface area contributed by atoms with Crippen molar-refractivity contribution in [3.05, 3.63) is 24.3 Å². The Morgan fingerprint density at radius 1 is 1.57 bits per heavy atom. The highest BCUT2D eigenvalue weighted by atomic mass is 16.5. The van der Waals surface area contributed by atoms with Crippen LogP contribution in [0.5, 0.6) is 5.75 Å². The van der Waals surface area contributed by atoms with Crippen molar-refractivity contribution in [2.75, 3.05) is 18.9 Å². The molecule has 0 radical (unpaired) electrons. The van der Waals surface area contributed by atoms with Gasteiger partial charge in [0, 0.05) is 11.8 Å². The van der Waals surface area contributed by atoms with Crippen LogP contribution in [0.15, 0.2) is 24.3 Å². The first-order valence-corrected chi connectivity index (χ1v) is 7.43. The Hall–Kier alpha value is -1.75. The van der Waals surface area contributed by atoms with Gasteiger partial charge in [0.05, 0.1) is 12.1 Å².